The van der Waals surface area contributed by atoms with Gasteiger partial charge in [-0.05, 0) is 49.1 Å². The number of rotatable bonds is 9. The highest BCUT2D eigenvalue weighted by molar-refractivity contribution is 7.91. The van der Waals surface area contributed by atoms with E-state index in [1.807, 2.05) is 0 Å². The van der Waals surface area contributed by atoms with E-state index >= 15 is 0 Å². The van der Waals surface area contributed by atoms with Crippen LogP contribution in [0.1, 0.15) is 29.0 Å². The number of anilines is 2. The van der Waals surface area contributed by atoms with Crippen LogP contribution in [0.2, 0.25) is 0 Å². The zero-order chi connectivity index (χ0) is 29.6. The van der Waals surface area contributed by atoms with Gasteiger partial charge in [0.25, 0.3) is 5.91 Å². The Balaban J connectivity index is 1.47. The van der Waals surface area contributed by atoms with Crippen LogP contribution < -0.4 is 16.0 Å². The van der Waals surface area contributed by atoms with Crippen molar-refractivity contribution >= 4 is 38.0 Å². The van der Waals surface area contributed by atoms with E-state index in [0.29, 0.717) is 35.1 Å². The van der Waals surface area contributed by atoms with E-state index in [1.54, 1.807) is 30.3 Å². The number of alkyl halides is 3. The van der Waals surface area contributed by atoms with Crippen LogP contribution in [0.4, 0.5) is 24.5 Å². The molecule has 2 aromatic heterocycles. The number of aliphatic hydroxyl groups excluding tert-OH is 2. The first-order valence-corrected chi connectivity index (χ1v) is 14.7. The van der Waals surface area contributed by atoms with Gasteiger partial charge in [-0.2, -0.15) is 13.2 Å². The summed E-state index contributed by atoms with van der Waals surface area (Å²) in [6.07, 6.45) is -3.30. The molecule has 220 valence electrons. The van der Waals surface area contributed by atoms with E-state index in [9.17, 15) is 31.5 Å². The molecule has 3 aromatic rings. The molecule has 4 rings (SSSR count). The molecular formula is C27H30F3N5O5S. The summed E-state index contributed by atoms with van der Waals surface area (Å²) in [5.41, 5.74) is 1.79. The summed E-state index contributed by atoms with van der Waals surface area (Å²) in [5, 5.41) is 27.4. The summed E-state index contributed by atoms with van der Waals surface area (Å²) in [4.78, 5) is 16.1. The lowest BCUT2D eigenvalue weighted by atomic mass is 10.1. The zero-order valence-corrected chi connectivity index (χ0v) is 22.7. The lowest BCUT2D eigenvalue weighted by molar-refractivity contribution is -0.140. The van der Waals surface area contributed by atoms with Gasteiger partial charge in [0.05, 0.1) is 53.9 Å². The maximum Gasteiger partial charge on any atom is 0.406 e. The van der Waals surface area contributed by atoms with Gasteiger partial charge in [0, 0.05) is 23.7 Å². The number of carbonyl (C=O) groups is 1. The van der Waals surface area contributed by atoms with Gasteiger partial charge < -0.3 is 30.7 Å². The normalized spacial score (nSPS) is 16.0. The van der Waals surface area contributed by atoms with Crippen molar-refractivity contribution in [1.82, 2.24) is 14.9 Å². The van der Waals surface area contributed by atoms with Crippen molar-refractivity contribution in [1.29, 1.82) is 0 Å². The van der Waals surface area contributed by atoms with E-state index in [1.165, 1.54) is 12.3 Å². The lowest BCUT2D eigenvalue weighted by Gasteiger charge is -2.24. The topological polar surface area (TPSA) is 146 Å². The van der Waals surface area contributed by atoms with Crippen molar-refractivity contribution in [2.24, 2.45) is 0 Å². The third kappa shape index (κ3) is 8.35. The summed E-state index contributed by atoms with van der Waals surface area (Å²) in [7, 11) is -3.05. The highest BCUT2D eigenvalue weighted by atomic mass is 32.2. The van der Waals surface area contributed by atoms with Gasteiger partial charge in [0.2, 0.25) is 0 Å². The van der Waals surface area contributed by atoms with Crippen molar-refractivity contribution in [3.05, 3.63) is 54.0 Å². The van der Waals surface area contributed by atoms with Gasteiger partial charge in [-0.3, -0.25) is 4.79 Å². The number of nitrogens with zero attached hydrogens (tertiary/aromatic N) is 2. The van der Waals surface area contributed by atoms with Gasteiger partial charge >= 0.3 is 6.18 Å². The number of nitrogens with one attached hydrogen (secondary N) is 3. The molecule has 0 spiro atoms. The van der Waals surface area contributed by atoms with Crippen molar-refractivity contribution < 1.29 is 36.6 Å². The fourth-order valence-electron chi connectivity index (χ4n) is 4.40. The van der Waals surface area contributed by atoms with E-state index in [2.05, 4.69) is 32.8 Å². The van der Waals surface area contributed by atoms with Gasteiger partial charge in [-0.15, -0.1) is 0 Å². The third-order valence-corrected chi connectivity index (χ3v) is 8.22. The highest BCUT2D eigenvalue weighted by Gasteiger charge is 2.30. The molecule has 1 unspecified atom stereocenters. The maximum atomic E-state index is 13.5. The number of sulfone groups is 1. The molecule has 0 radical (unpaired) electrons. The van der Waals surface area contributed by atoms with Crippen LogP contribution in [0.5, 0.6) is 0 Å². The summed E-state index contributed by atoms with van der Waals surface area (Å²) < 4.78 is 65.0. The number of amides is 1. The van der Waals surface area contributed by atoms with Crippen LogP contribution >= 0.6 is 0 Å². The predicted octanol–water partition coefficient (Wildman–Crippen LogP) is 2.13. The van der Waals surface area contributed by atoms with Crippen molar-refractivity contribution in [3.8, 4) is 11.8 Å². The molecule has 1 aromatic carbocycles. The van der Waals surface area contributed by atoms with Gasteiger partial charge in [-0.25, -0.2) is 13.4 Å². The van der Waals surface area contributed by atoms with Crippen LogP contribution in [0.3, 0.4) is 0 Å². The Morgan fingerprint density at radius 3 is 2.61 bits per heavy atom. The predicted molar refractivity (Wildman–Crippen MR) is 148 cm³/mol. The molecule has 41 heavy (non-hydrogen) atoms. The van der Waals surface area contributed by atoms with Crippen LogP contribution in [-0.2, 0) is 16.4 Å². The number of aliphatic hydroxyl groups is 2. The number of benzene rings is 1. The summed E-state index contributed by atoms with van der Waals surface area (Å²) in [6, 6.07) is 9.53. The Labute approximate surface area is 234 Å². The largest absolute Gasteiger partial charge is 0.406 e. The van der Waals surface area contributed by atoms with Crippen molar-refractivity contribution in [2.45, 2.75) is 37.7 Å². The van der Waals surface area contributed by atoms with E-state index in [4.69, 9.17) is 5.11 Å². The molecule has 0 saturated carbocycles. The molecule has 0 aliphatic carbocycles. The fourth-order valence-corrected chi connectivity index (χ4v) is 5.89. The number of pyridine rings is 1. The van der Waals surface area contributed by atoms with E-state index in [0.717, 1.165) is 4.57 Å². The molecule has 1 aliphatic heterocycles. The smallest absolute Gasteiger partial charge is 0.394 e. The second kappa shape index (κ2) is 12.8. The molecule has 3 heterocycles. The monoisotopic (exact) mass is 593 g/mol. The quantitative estimate of drug-likeness (QED) is 0.237. The van der Waals surface area contributed by atoms with Gasteiger partial charge in [-0.1, -0.05) is 12.0 Å². The highest BCUT2D eigenvalue weighted by Crippen LogP contribution is 2.31. The Hall–Kier alpha value is -3.80. The molecule has 10 nitrogen and oxygen atoms in total. The Bertz CT molecular complexity index is 1530. The van der Waals surface area contributed by atoms with Crippen LogP contribution in [0, 0.1) is 11.8 Å². The standard InChI is InChI=1S/C27H30F3N5O5S/c28-27(29,30)17-35-20(3-2-10-31-19-6-7-24(32-14-19)26(38)33-15-21(37)16-36)13-22-23(4-1-5-25(22)35)34-18-8-11-41(39,40)12-9-18/h1,4-7,13-14,18,21,31,34,36-37H,8-12,15-17H2,(H,33,38). The molecule has 1 fully saturated rings. The van der Waals surface area contributed by atoms with E-state index in [-0.39, 0.29) is 42.0 Å². The molecule has 1 aliphatic rings. The average molecular weight is 594 g/mol. The molecule has 1 atom stereocenters. The van der Waals surface area contributed by atoms with Crippen molar-refractivity contribution in [2.75, 3.05) is 41.8 Å². The van der Waals surface area contributed by atoms with Gasteiger partial charge in [0.1, 0.15) is 22.1 Å². The number of hydrogen-bond donors (Lipinski definition) is 5. The number of hydrogen-bond acceptors (Lipinski definition) is 8. The maximum absolute atomic E-state index is 13.5. The number of carbonyl (C=O) groups excluding carboxylic acids is 1. The average Bonchev–Trinajstić information content (AvgIpc) is 3.27. The summed E-state index contributed by atoms with van der Waals surface area (Å²) in [6.45, 7) is -1.74. The molecule has 5 N–H and O–H groups in total. The Morgan fingerprint density at radius 1 is 1.20 bits per heavy atom. The van der Waals surface area contributed by atoms with Crippen LogP contribution in [0.15, 0.2) is 42.6 Å². The van der Waals surface area contributed by atoms with Gasteiger partial charge in [0.15, 0.2) is 0 Å². The fraction of sp³-hybridized carbons (Fsp3) is 0.407. The zero-order valence-electron chi connectivity index (χ0n) is 21.9. The lowest BCUT2D eigenvalue weighted by Crippen LogP contribution is -2.34. The van der Waals surface area contributed by atoms with Crippen molar-refractivity contribution in [3.63, 3.8) is 0 Å². The summed E-state index contributed by atoms with van der Waals surface area (Å²) in [5.74, 6) is 5.26. The Kier molecular flexibility index (Phi) is 9.42. The van der Waals surface area contributed by atoms with Crippen LogP contribution in [-0.4, -0.2) is 83.6 Å². The summed E-state index contributed by atoms with van der Waals surface area (Å²) >= 11 is 0. The third-order valence-electron chi connectivity index (χ3n) is 6.50. The SMILES string of the molecule is O=C(NCC(O)CO)c1ccc(NCC#Cc2cc3c(NC4CCS(=O)(=O)CC4)cccc3n2CC(F)(F)F)cn1. The number of fused-ring (bicyclic) bond motifs is 1. The molecule has 14 heteroatoms. The minimum atomic E-state index is -4.47. The minimum absolute atomic E-state index is 0.0691. The van der Waals surface area contributed by atoms with Crippen LogP contribution in [0.25, 0.3) is 10.9 Å². The first kappa shape index (κ1) is 30.2. The Morgan fingerprint density at radius 2 is 1.95 bits per heavy atom. The molecule has 1 saturated heterocycles. The molecule has 0 bridgehead atoms. The first-order valence-electron chi connectivity index (χ1n) is 12.9. The second-order valence-corrected chi connectivity index (χ2v) is 12.0. The van der Waals surface area contributed by atoms with E-state index < -0.39 is 41.2 Å². The number of aromatic nitrogens is 2. The first-order chi connectivity index (χ1) is 19.4. The molecule has 1 amide bonds. The molecular weight excluding hydrogens is 563 g/mol. The second-order valence-electron chi connectivity index (χ2n) is 9.67. The number of halogens is 3. The minimum Gasteiger partial charge on any atom is -0.394 e.